The minimum Gasteiger partial charge on any atom is -0.147 e. The maximum atomic E-state index is 6.06. The molecule has 0 saturated heterocycles. The van der Waals surface area contributed by atoms with Crippen LogP contribution in [0, 0.1) is 0 Å². The molecule has 17 heavy (non-hydrogen) atoms. The van der Waals surface area contributed by atoms with Gasteiger partial charge in [0.25, 0.3) is 7.42 Å². The summed E-state index contributed by atoms with van der Waals surface area (Å²) in [6, 6.07) is 18.0. The Morgan fingerprint density at radius 2 is 1.29 bits per heavy atom. The minimum atomic E-state index is -1.26. The van der Waals surface area contributed by atoms with E-state index in [1.807, 2.05) is 0 Å². The van der Waals surface area contributed by atoms with Crippen LogP contribution in [0.3, 0.4) is 0 Å². The summed E-state index contributed by atoms with van der Waals surface area (Å²) in [5.41, 5.74) is 5.42. The average Bonchev–Trinajstić information content (AvgIpc) is 2.65. The molecular weight excluding hydrogens is 267 g/mol. The van der Waals surface area contributed by atoms with Crippen molar-refractivity contribution >= 4 is 29.6 Å². The molecule has 0 spiro atoms. The molecule has 0 N–H and O–H groups in total. The fourth-order valence-corrected chi connectivity index (χ4v) is 4.31. The Morgan fingerprint density at radius 1 is 0.824 bits per heavy atom. The van der Waals surface area contributed by atoms with E-state index in [0.29, 0.717) is 5.92 Å². The highest BCUT2D eigenvalue weighted by molar-refractivity contribution is 7.33. The first-order chi connectivity index (χ1) is 8.27. The Bertz CT molecular complexity index is 506. The molecule has 2 aromatic rings. The van der Waals surface area contributed by atoms with Gasteiger partial charge in [-0.1, -0.05) is 48.5 Å². The summed E-state index contributed by atoms with van der Waals surface area (Å²) < 4.78 is 0. The maximum absolute atomic E-state index is 6.06. The minimum absolute atomic E-state index is 0.381. The van der Waals surface area contributed by atoms with Crippen molar-refractivity contribution in [3.8, 4) is 11.1 Å². The van der Waals surface area contributed by atoms with Crippen LogP contribution >= 0.6 is 22.2 Å². The van der Waals surface area contributed by atoms with Gasteiger partial charge in [0.1, 0.15) is 0 Å². The number of rotatable bonds is 2. The molecule has 0 amide bonds. The molecule has 0 bridgehead atoms. The lowest BCUT2D eigenvalue weighted by Gasteiger charge is -2.12. The molecule has 0 aromatic heterocycles. The van der Waals surface area contributed by atoms with Crippen LogP contribution in [0.1, 0.15) is 17.0 Å². The fraction of sp³-hybridized carbons (Fsp3) is 0.143. The third-order valence-electron chi connectivity index (χ3n) is 3.32. The van der Waals surface area contributed by atoms with Gasteiger partial charge in [-0.2, -0.15) is 0 Å². The van der Waals surface area contributed by atoms with Gasteiger partial charge in [-0.15, -0.1) is 22.2 Å². The summed E-state index contributed by atoms with van der Waals surface area (Å²) in [5.74, 6) is 0.381. The van der Waals surface area contributed by atoms with E-state index in [0.717, 1.165) is 6.04 Å². The van der Waals surface area contributed by atoms with E-state index in [2.05, 4.69) is 48.5 Å². The Balaban J connectivity index is 2.17. The molecule has 0 atom stereocenters. The Kier molecular flexibility index (Phi) is 2.99. The highest BCUT2D eigenvalue weighted by atomic mass is 35.7. The molecule has 3 rings (SSSR count). The molecule has 1 aliphatic carbocycles. The summed E-state index contributed by atoms with van der Waals surface area (Å²) in [6.07, 6.45) is 0. The summed E-state index contributed by atoms with van der Waals surface area (Å²) in [5, 5.41) is 0. The average molecular weight is 278 g/mol. The summed E-state index contributed by atoms with van der Waals surface area (Å²) in [7, 11) is -1.26. The van der Waals surface area contributed by atoms with Crippen LogP contribution in [0.15, 0.2) is 48.5 Å². The van der Waals surface area contributed by atoms with E-state index < -0.39 is 7.42 Å². The molecular formula is C14H11Cl2Si. The molecule has 3 heteroatoms. The topological polar surface area (TPSA) is 0 Å². The van der Waals surface area contributed by atoms with Crippen LogP contribution in [0.5, 0.6) is 0 Å². The quantitative estimate of drug-likeness (QED) is 0.548. The lowest BCUT2D eigenvalue weighted by atomic mass is 9.99. The van der Waals surface area contributed by atoms with E-state index in [-0.39, 0.29) is 0 Å². The lowest BCUT2D eigenvalue weighted by Crippen LogP contribution is -2.03. The van der Waals surface area contributed by atoms with Gasteiger partial charge >= 0.3 is 0 Å². The van der Waals surface area contributed by atoms with Gasteiger partial charge in [0.05, 0.1) is 0 Å². The van der Waals surface area contributed by atoms with Crippen molar-refractivity contribution in [3.63, 3.8) is 0 Å². The van der Waals surface area contributed by atoms with Crippen molar-refractivity contribution in [1.29, 1.82) is 0 Å². The van der Waals surface area contributed by atoms with Gasteiger partial charge in [0, 0.05) is 5.92 Å². The van der Waals surface area contributed by atoms with Crippen LogP contribution in [0.2, 0.25) is 6.04 Å². The van der Waals surface area contributed by atoms with Gasteiger partial charge in [0.15, 0.2) is 0 Å². The number of fused-ring (bicyclic) bond motifs is 3. The largest absolute Gasteiger partial charge is 0.274 e. The van der Waals surface area contributed by atoms with Crippen molar-refractivity contribution in [2.75, 3.05) is 0 Å². The van der Waals surface area contributed by atoms with Crippen molar-refractivity contribution in [3.05, 3.63) is 59.7 Å². The van der Waals surface area contributed by atoms with E-state index >= 15 is 0 Å². The molecule has 0 unspecified atom stereocenters. The third kappa shape index (κ3) is 1.93. The smallest absolute Gasteiger partial charge is 0.147 e. The van der Waals surface area contributed by atoms with Crippen LogP contribution < -0.4 is 0 Å². The van der Waals surface area contributed by atoms with E-state index in [9.17, 15) is 0 Å². The van der Waals surface area contributed by atoms with Crippen LogP contribution in [-0.2, 0) is 0 Å². The zero-order chi connectivity index (χ0) is 11.8. The van der Waals surface area contributed by atoms with E-state index in [4.69, 9.17) is 22.2 Å². The first-order valence-electron chi connectivity index (χ1n) is 5.62. The third-order valence-corrected chi connectivity index (χ3v) is 4.96. The first-order valence-corrected chi connectivity index (χ1v) is 9.35. The second kappa shape index (κ2) is 4.49. The molecule has 85 valence electrons. The Labute approximate surface area is 112 Å². The van der Waals surface area contributed by atoms with Crippen molar-refractivity contribution in [2.45, 2.75) is 12.0 Å². The monoisotopic (exact) mass is 277 g/mol. The summed E-state index contributed by atoms with van der Waals surface area (Å²) >= 11 is 12.1. The van der Waals surface area contributed by atoms with Gasteiger partial charge in [-0.25, -0.2) is 0 Å². The molecule has 0 nitrogen and oxygen atoms in total. The lowest BCUT2D eigenvalue weighted by molar-refractivity contribution is 0.949. The van der Waals surface area contributed by atoms with Gasteiger partial charge in [-0.3, -0.25) is 0 Å². The van der Waals surface area contributed by atoms with E-state index in [1.54, 1.807) is 0 Å². The normalized spacial score (nSPS) is 13.8. The van der Waals surface area contributed by atoms with Crippen molar-refractivity contribution in [1.82, 2.24) is 0 Å². The van der Waals surface area contributed by atoms with Crippen LogP contribution in [0.4, 0.5) is 0 Å². The highest BCUT2D eigenvalue weighted by Gasteiger charge is 2.29. The second-order valence-electron chi connectivity index (χ2n) is 4.27. The summed E-state index contributed by atoms with van der Waals surface area (Å²) in [6.45, 7) is 0. The van der Waals surface area contributed by atoms with Gasteiger partial charge in [-0.05, 0) is 28.3 Å². The Morgan fingerprint density at radius 3 is 1.76 bits per heavy atom. The van der Waals surface area contributed by atoms with Gasteiger partial charge < -0.3 is 0 Å². The zero-order valence-corrected chi connectivity index (χ0v) is 11.7. The molecule has 1 radical (unpaired) electrons. The molecule has 0 fully saturated rings. The van der Waals surface area contributed by atoms with Crippen LogP contribution in [0.25, 0.3) is 11.1 Å². The SMILES string of the molecule is Cl[Si](Cl)CC1c2ccccc2-c2ccccc21. The number of halogens is 2. The molecule has 2 aromatic carbocycles. The first kappa shape index (κ1) is 11.3. The van der Waals surface area contributed by atoms with E-state index in [1.165, 1.54) is 22.3 Å². The highest BCUT2D eigenvalue weighted by Crippen LogP contribution is 2.47. The van der Waals surface area contributed by atoms with Crippen LogP contribution in [-0.4, -0.2) is 7.42 Å². The standard InChI is InChI=1S/C14H11Cl2Si/c15-17(16)9-14-12-7-3-1-5-10(12)11-6-2-4-8-13(11)14/h1-8,14H,9H2. The van der Waals surface area contributed by atoms with Gasteiger partial charge in [0.2, 0.25) is 0 Å². The predicted molar refractivity (Wildman–Crippen MR) is 76.0 cm³/mol. The molecule has 0 aliphatic heterocycles. The number of hydrogen-bond donors (Lipinski definition) is 0. The maximum Gasteiger partial charge on any atom is 0.274 e. The molecule has 1 aliphatic rings. The fourth-order valence-electron chi connectivity index (χ4n) is 2.63. The predicted octanol–water partition coefficient (Wildman–Crippen LogP) is 4.76. The summed E-state index contributed by atoms with van der Waals surface area (Å²) in [4.78, 5) is 0. The zero-order valence-electron chi connectivity index (χ0n) is 9.16. The Hall–Kier alpha value is -0.763. The second-order valence-corrected chi connectivity index (χ2v) is 8.67. The number of benzene rings is 2. The molecule has 0 heterocycles. The van der Waals surface area contributed by atoms with Crippen molar-refractivity contribution in [2.24, 2.45) is 0 Å². The van der Waals surface area contributed by atoms with Crippen molar-refractivity contribution < 1.29 is 0 Å². The molecule has 0 saturated carbocycles. The number of hydrogen-bond acceptors (Lipinski definition) is 0.